The van der Waals surface area contributed by atoms with E-state index in [-0.39, 0.29) is 5.69 Å². The molecule has 3 N–H and O–H groups in total. The largest absolute Gasteiger partial charge is 0.398 e. The smallest absolute Gasteiger partial charge is 0.347 e. The van der Waals surface area contributed by atoms with Crippen molar-refractivity contribution in [1.29, 1.82) is 0 Å². The molecular weight excluding hydrogens is 144 g/mol. The number of aromatic nitrogens is 3. The molecular formula is C6H6N4O. The fourth-order valence-electron chi connectivity index (χ4n) is 0.922. The number of hydrogen-bond donors (Lipinski definition) is 2. The summed E-state index contributed by atoms with van der Waals surface area (Å²) < 4.78 is 1.36. The number of pyridine rings is 1. The number of nitrogens with two attached hydrogens (primary N) is 1. The first kappa shape index (κ1) is 5.96. The van der Waals surface area contributed by atoms with E-state index in [1.807, 2.05) is 0 Å². The van der Waals surface area contributed by atoms with Gasteiger partial charge in [0.25, 0.3) is 0 Å². The molecule has 0 saturated heterocycles. The third-order valence-electron chi connectivity index (χ3n) is 1.43. The first-order valence-electron chi connectivity index (χ1n) is 3.09. The molecule has 0 unspecified atom stereocenters. The molecule has 5 nitrogen and oxygen atoms in total. The van der Waals surface area contributed by atoms with Gasteiger partial charge in [0.1, 0.15) is 0 Å². The second-order valence-electron chi connectivity index (χ2n) is 2.22. The van der Waals surface area contributed by atoms with Crippen LogP contribution in [-0.4, -0.2) is 14.6 Å². The zero-order valence-electron chi connectivity index (χ0n) is 5.61. The van der Waals surface area contributed by atoms with Gasteiger partial charge in [0.15, 0.2) is 5.65 Å². The maximum absolute atomic E-state index is 10.9. The Labute approximate surface area is 61.5 Å². The lowest BCUT2D eigenvalue weighted by molar-refractivity contribution is 1.02. The fraction of sp³-hybridized carbons (Fsp3) is 0. The second-order valence-corrected chi connectivity index (χ2v) is 2.22. The van der Waals surface area contributed by atoms with E-state index in [1.165, 1.54) is 10.6 Å². The molecule has 0 aliphatic rings. The Morgan fingerprint density at radius 2 is 2.36 bits per heavy atom. The highest BCUT2D eigenvalue weighted by molar-refractivity contribution is 5.45. The topological polar surface area (TPSA) is 76.2 Å². The van der Waals surface area contributed by atoms with Crippen molar-refractivity contribution < 1.29 is 0 Å². The van der Waals surface area contributed by atoms with Gasteiger partial charge in [-0.2, -0.15) is 5.10 Å². The Morgan fingerprint density at radius 3 is 3.18 bits per heavy atom. The predicted octanol–water partition coefficient (Wildman–Crippen LogP) is -0.395. The number of aromatic amines is 1. The third kappa shape index (κ3) is 0.778. The van der Waals surface area contributed by atoms with Crippen LogP contribution in [0.25, 0.3) is 5.65 Å². The molecule has 0 saturated carbocycles. The van der Waals surface area contributed by atoms with Gasteiger partial charge in [0.05, 0.1) is 0 Å². The lowest BCUT2D eigenvalue weighted by atomic mass is 10.4. The molecule has 2 aromatic heterocycles. The average Bonchev–Trinajstić information content (AvgIpc) is 2.33. The Bertz CT molecular complexity index is 441. The molecule has 0 spiro atoms. The van der Waals surface area contributed by atoms with Crippen molar-refractivity contribution in [3.8, 4) is 0 Å². The maximum Gasteiger partial charge on any atom is 0.347 e. The van der Waals surface area contributed by atoms with E-state index in [9.17, 15) is 4.79 Å². The number of nitrogens with one attached hydrogen (secondary N) is 1. The van der Waals surface area contributed by atoms with Crippen molar-refractivity contribution in [3.05, 3.63) is 28.8 Å². The number of nitrogens with zero attached hydrogens (tertiary/aromatic N) is 2. The van der Waals surface area contributed by atoms with Crippen molar-refractivity contribution in [2.24, 2.45) is 0 Å². The Morgan fingerprint density at radius 1 is 1.55 bits per heavy atom. The summed E-state index contributed by atoms with van der Waals surface area (Å²) >= 11 is 0. The van der Waals surface area contributed by atoms with Crippen LogP contribution < -0.4 is 11.4 Å². The van der Waals surface area contributed by atoms with E-state index in [2.05, 4.69) is 10.2 Å². The van der Waals surface area contributed by atoms with E-state index < -0.39 is 0 Å². The lowest BCUT2D eigenvalue weighted by Gasteiger charge is -1.91. The third-order valence-corrected chi connectivity index (χ3v) is 1.43. The summed E-state index contributed by atoms with van der Waals surface area (Å²) in [5.74, 6) is 0. The van der Waals surface area contributed by atoms with Crippen LogP contribution in [0.2, 0.25) is 0 Å². The van der Waals surface area contributed by atoms with Gasteiger partial charge in [-0.1, -0.05) is 0 Å². The first-order chi connectivity index (χ1) is 5.27. The first-order valence-corrected chi connectivity index (χ1v) is 3.09. The highest BCUT2D eigenvalue weighted by Crippen LogP contribution is 2.00. The van der Waals surface area contributed by atoms with Crippen LogP contribution in [0.1, 0.15) is 0 Å². The van der Waals surface area contributed by atoms with E-state index in [0.717, 1.165) is 0 Å². The van der Waals surface area contributed by atoms with Crippen LogP contribution in [0.15, 0.2) is 23.1 Å². The molecule has 11 heavy (non-hydrogen) atoms. The van der Waals surface area contributed by atoms with E-state index >= 15 is 0 Å². The molecule has 0 aliphatic carbocycles. The number of fused-ring (bicyclic) bond motifs is 1. The van der Waals surface area contributed by atoms with Crippen LogP contribution >= 0.6 is 0 Å². The standard InChI is InChI=1S/C6H6N4O/c7-4-1-2-5-8-9-6(11)10(5)3-4/h1-3H,7H2,(H,9,11). The minimum absolute atomic E-state index is 0.271. The summed E-state index contributed by atoms with van der Waals surface area (Å²) in [7, 11) is 0. The van der Waals surface area contributed by atoms with E-state index in [0.29, 0.717) is 11.3 Å². The number of rotatable bonds is 0. The van der Waals surface area contributed by atoms with Crippen LogP contribution in [0.4, 0.5) is 5.69 Å². The van der Waals surface area contributed by atoms with Crippen LogP contribution in [-0.2, 0) is 0 Å². The summed E-state index contributed by atoms with van der Waals surface area (Å²) in [5.41, 5.74) is 6.30. The Hall–Kier alpha value is -1.78. The molecule has 0 radical (unpaired) electrons. The van der Waals surface area contributed by atoms with Crippen LogP contribution in [0.5, 0.6) is 0 Å². The number of H-pyrrole nitrogens is 1. The molecule has 5 heteroatoms. The van der Waals surface area contributed by atoms with E-state index in [4.69, 9.17) is 5.73 Å². The van der Waals surface area contributed by atoms with Gasteiger partial charge >= 0.3 is 5.69 Å². The zero-order chi connectivity index (χ0) is 7.84. The quantitative estimate of drug-likeness (QED) is 0.536. The van der Waals surface area contributed by atoms with E-state index in [1.54, 1.807) is 12.1 Å². The zero-order valence-corrected chi connectivity index (χ0v) is 5.61. The summed E-state index contributed by atoms with van der Waals surface area (Å²) in [6, 6.07) is 3.36. The average molecular weight is 150 g/mol. The highest BCUT2D eigenvalue weighted by atomic mass is 16.1. The maximum atomic E-state index is 10.9. The lowest BCUT2D eigenvalue weighted by Crippen LogP contribution is -2.09. The second kappa shape index (κ2) is 1.85. The Balaban J connectivity index is 2.99. The summed E-state index contributed by atoms with van der Waals surface area (Å²) in [6.45, 7) is 0. The van der Waals surface area contributed by atoms with Gasteiger partial charge in [-0.25, -0.2) is 14.3 Å². The van der Waals surface area contributed by atoms with Crippen molar-refractivity contribution in [2.75, 3.05) is 5.73 Å². The Kier molecular flexibility index (Phi) is 1.00. The summed E-state index contributed by atoms with van der Waals surface area (Å²) in [6.07, 6.45) is 1.53. The fourth-order valence-corrected chi connectivity index (χ4v) is 0.922. The van der Waals surface area contributed by atoms with Crippen molar-refractivity contribution in [2.45, 2.75) is 0 Å². The van der Waals surface area contributed by atoms with Crippen molar-refractivity contribution in [1.82, 2.24) is 14.6 Å². The predicted molar refractivity (Wildman–Crippen MR) is 40.2 cm³/mol. The summed E-state index contributed by atoms with van der Waals surface area (Å²) in [5, 5.41) is 6.03. The molecule has 2 rings (SSSR count). The molecule has 0 bridgehead atoms. The minimum atomic E-state index is -0.271. The van der Waals surface area contributed by atoms with Crippen LogP contribution in [0.3, 0.4) is 0 Å². The molecule has 0 amide bonds. The molecule has 2 aromatic rings. The number of nitrogen functional groups attached to an aromatic ring is 1. The van der Waals surface area contributed by atoms with Crippen molar-refractivity contribution in [3.63, 3.8) is 0 Å². The molecule has 0 atom stereocenters. The number of anilines is 1. The molecule has 0 aliphatic heterocycles. The van der Waals surface area contributed by atoms with Gasteiger partial charge in [-0.05, 0) is 12.1 Å². The molecule has 2 heterocycles. The van der Waals surface area contributed by atoms with Gasteiger partial charge in [-0.3, -0.25) is 0 Å². The molecule has 0 aromatic carbocycles. The SMILES string of the molecule is Nc1ccc2n[nH]c(=O)n2c1. The molecule has 0 fully saturated rings. The minimum Gasteiger partial charge on any atom is -0.398 e. The summed E-state index contributed by atoms with van der Waals surface area (Å²) in [4.78, 5) is 10.9. The normalized spacial score (nSPS) is 10.5. The van der Waals surface area contributed by atoms with Gasteiger partial charge in [-0.15, -0.1) is 0 Å². The van der Waals surface area contributed by atoms with Gasteiger partial charge in [0, 0.05) is 11.9 Å². The highest BCUT2D eigenvalue weighted by Gasteiger charge is 1.96. The van der Waals surface area contributed by atoms with Crippen LogP contribution in [0, 0.1) is 0 Å². The van der Waals surface area contributed by atoms with Gasteiger partial charge in [0.2, 0.25) is 0 Å². The monoisotopic (exact) mass is 150 g/mol. The van der Waals surface area contributed by atoms with Gasteiger partial charge < -0.3 is 5.73 Å². The molecule has 56 valence electrons. The number of hydrogen-bond acceptors (Lipinski definition) is 3. The van der Waals surface area contributed by atoms with Crippen molar-refractivity contribution >= 4 is 11.3 Å².